The number of halogens is 1. The maximum atomic E-state index is 8.60. The molecule has 0 fully saturated rings. The van der Waals surface area contributed by atoms with Gasteiger partial charge in [0.15, 0.2) is 0 Å². The average Bonchev–Trinajstić information content (AvgIpc) is 2.51. The number of hydrogen-bond donors (Lipinski definition) is 0. The van der Waals surface area contributed by atoms with E-state index >= 15 is 0 Å². The summed E-state index contributed by atoms with van der Waals surface area (Å²) >= 11 is 3.59. The highest BCUT2D eigenvalue weighted by atomic mass is 79.9. The molecule has 0 amide bonds. The average molecular weight is 309 g/mol. The van der Waals surface area contributed by atoms with E-state index in [4.69, 9.17) is 2.74 Å². The van der Waals surface area contributed by atoms with Crippen LogP contribution >= 0.6 is 15.9 Å². The van der Waals surface area contributed by atoms with E-state index in [9.17, 15) is 0 Å². The zero-order valence-corrected chi connectivity index (χ0v) is 11.7. The Kier molecular flexibility index (Phi) is 1.95. The Morgan fingerprint density at radius 3 is 2.00 bits per heavy atom. The zero-order valence-electron chi connectivity index (χ0n) is 12.1. The molecule has 0 radical (unpaired) electrons. The maximum absolute atomic E-state index is 8.60. The van der Waals surface area contributed by atoms with Crippen LogP contribution in [0.2, 0.25) is 0 Å². The molecular formula is C18H11Br. The summed E-state index contributed by atoms with van der Waals surface area (Å²) in [6.07, 6.45) is 0. The molecule has 4 rings (SSSR count). The molecule has 0 saturated heterocycles. The van der Waals surface area contributed by atoms with E-state index in [-0.39, 0.29) is 0 Å². The Morgan fingerprint density at radius 1 is 0.684 bits per heavy atom. The van der Waals surface area contributed by atoms with Crippen molar-refractivity contribution < 1.29 is 2.74 Å². The van der Waals surface area contributed by atoms with E-state index in [1.54, 1.807) is 0 Å². The van der Waals surface area contributed by atoms with Crippen LogP contribution in [0.1, 0.15) is 2.74 Å². The van der Waals surface area contributed by atoms with Crippen molar-refractivity contribution >= 4 is 48.2 Å². The van der Waals surface area contributed by atoms with E-state index in [0.717, 1.165) is 36.8 Å². The van der Waals surface area contributed by atoms with Gasteiger partial charge < -0.3 is 0 Å². The van der Waals surface area contributed by atoms with E-state index in [1.807, 2.05) is 54.6 Å². The summed E-state index contributed by atoms with van der Waals surface area (Å²) < 4.78 is 18.0. The normalized spacial score (nSPS) is 12.9. The predicted molar refractivity (Wildman–Crippen MR) is 86.7 cm³/mol. The molecule has 0 aliphatic heterocycles. The van der Waals surface area contributed by atoms with Gasteiger partial charge in [-0.25, -0.2) is 0 Å². The van der Waals surface area contributed by atoms with Gasteiger partial charge in [0, 0.05) is 4.47 Å². The SMILES string of the molecule is [2H]c1c2ccccc2c([2H])c2c1c(Br)cc1ccccc12. The summed E-state index contributed by atoms with van der Waals surface area (Å²) in [6, 6.07) is 18.7. The lowest BCUT2D eigenvalue weighted by molar-refractivity contribution is 1.75. The molecule has 0 nitrogen and oxygen atoms in total. The van der Waals surface area contributed by atoms with Crippen molar-refractivity contribution in [1.29, 1.82) is 0 Å². The van der Waals surface area contributed by atoms with Crippen LogP contribution in [0.3, 0.4) is 0 Å². The number of fused-ring (bicyclic) bond motifs is 4. The Labute approximate surface area is 122 Å². The van der Waals surface area contributed by atoms with E-state index in [0.29, 0.717) is 12.1 Å². The lowest BCUT2D eigenvalue weighted by Crippen LogP contribution is -1.81. The van der Waals surface area contributed by atoms with Crippen molar-refractivity contribution in [3.8, 4) is 0 Å². The van der Waals surface area contributed by atoms with Gasteiger partial charge in [-0.05, 0) is 50.5 Å². The second-order valence-corrected chi connectivity index (χ2v) is 5.48. The van der Waals surface area contributed by atoms with Crippen LogP contribution in [0.25, 0.3) is 32.3 Å². The van der Waals surface area contributed by atoms with Gasteiger partial charge in [-0.15, -0.1) is 0 Å². The van der Waals surface area contributed by atoms with E-state index in [2.05, 4.69) is 15.9 Å². The summed E-state index contributed by atoms with van der Waals surface area (Å²) in [5.74, 6) is 0. The Hall–Kier alpha value is -1.86. The molecule has 4 aromatic carbocycles. The fourth-order valence-electron chi connectivity index (χ4n) is 2.54. The molecule has 0 bridgehead atoms. The molecule has 0 aliphatic carbocycles. The lowest BCUT2D eigenvalue weighted by atomic mass is 9.98. The summed E-state index contributed by atoms with van der Waals surface area (Å²) in [6.45, 7) is 0. The first-order valence-electron chi connectivity index (χ1n) is 7.17. The zero-order chi connectivity index (χ0) is 14.6. The van der Waals surface area contributed by atoms with Gasteiger partial charge in [0.1, 0.15) is 0 Å². The Morgan fingerprint density at radius 2 is 1.26 bits per heavy atom. The second-order valence-electron chi connectivity index (χ2n) is 4.63. The molecule has 0 atom stereocenters. The topological polar surface area (TPSA) is 0 Å². The Balaban J connectivity index is 2.42. The first-order chi connectivity index (χ1) is 10.2. The molecule has 0 unspecified atom stereocenters. The predicted octanol–water partition coefficient (Wildman–Crippen LogP) is 5.91. The van der Waals surface area contributed by atoms with E-state index < -0.39 is 0 Å². The minimum absolute atomic E-state index is 0.481. The lowest BCUT2D eigenvalue weighted by Gasteiger charge is -2.08. The van der Waals surface area contributed by atoms with Crippen LogP contribution < -0.4 is 0 Å². The molecule has 0 spiro atoms. The van der Waals surface area contributed by atoms with Crippen LogP contribution in [0.4, 0.5) is 0 Å². The second kappa shape index (κ2) is 4.07. The van der Waals surface area contributed by atoms with Gasteiger partial charge in [-0.2, -0.15) is 0 Å². The molecule has 0 saturated carbocycles. The third kappa shape index (κ3) is 1.66. The third-order valence-electron chi connectivity index (χ3n) is 3.45. The highest BCUT2D eigenvalue weighted by Crippen LogP contribution is 2.34. The minimum Gasteiger partial charge on any atom is -0.0616 e. The molecule has 4 aromatic rings. The standard InChI is InChI=1S/C18H11Br/c19-18-11-14-7-3-4-8-15(14)16-9-12-5-1-2-6-13(12)10-17(16)18/h1-11H/i9D,10D. The van der Waals surface area contributed by atoms with Gasteiger partial charge in [-0.3, -0.25) is 0 Å². The minimum atomic E-state index is 0.481. The largest absolute Gasteiger partial charge is 0.0636 e. The van der Waals surface area contributed by atoms with E-state index in [1.165, 1.54) is 0 Å². The van der Waals surface area contributed by atoms with Crippen molar-refractivity contribution in [2.24, 2.45) is 0 Å². The fourth-order valence-corrected chi connectivity index (χ4v) is 3.08. The monoisotopic (exact) mass is 308 g/mol. The first-order valence-corrected chi connectivity index (χ1v) is 6.96. The van der Waals surface area contributed by atoms with Gasteiger partial charge in [0.25, 0.3) is 0 Å². The highest BCUT2D eigenvalue weighted by Gasteiger charge is 2.06. The summed E-state index contributed by atoms with van der Waals surface area (Å²) in [7, 11) is 0. The summed E-state index contributed by atoms with van der Waals surface area (Å²) in [4.78, 5) is 0. The molecule has 90 valence electrons. The molecule has 1 heteroatoms. The van der Waals surface area contributed by atoms with Crippen molar-refractivity contribution in [1.82, 2.24) is 0 Å². The highest BCUT2D eigenvalue weighted by molar-refractivity contribution is 9.10. The number of rotatable bonds is 0. The number of hydrogen-bond acceptors (Lipinski definition) is 0. The molecule has 19 heavy (non-hydrogen) atoms. The summed E-state index contributed by atoms with van der Waals surface area (Å²) in [5, 5.41) is 5.44. The van der Waals surface area contributed by atoms with Crippen LogP contribution in [-0.4, -0.2) is 0 Å². The molecule has 0 aliphatic rings. The Bertz CT molecular complexity index is 1020. The van der Waals surface area contributed by atoms with Crippen molar-refractivity contribution in [2.75, 3.05) is 0 Å². The van der Waals surface area contributed by atoms with Crippen LogP contribution in [-0.2, 0) is 0 Å². The van der Waals surface area contributed by atoms with Crippen molar-refractivity contribution in [3.05, 3.63) is 71.2 Å². The van der Waals surface area contributed by atoms with Gasteiger partial charge in [0.2, 0.25) is 0 Å². The van der Waals surface area contributed by atoms with Gasteiger partial charge >= 0.3 is 0 Å². The van der Waals surface area contributed by atoms with Gasteiger partial charge in [-0.1, -0.05) is 64.5 Å². The quantitative estimate of drug-likeness (QED) is 0.280. The molecule has 0 aromatic heterocycles. The maximum Gasteiger partial charge on any atom is 0.0636 e. The third-order valence-corrected chi connectivity index (χ3v) is 4.07. The van der Waals surface area contributed by atoms with Crippen LogP contribution in [0, 0.1) is 0 Å². The smallest absolute Gasteiger partial charge is 0.0616 e. The molecule has 0 heterocycles. The fraction of sp³-hybridized carbons (Fsp3) is 0. The van der Waals surface area contributed by atoms with Crippen LogP contribution in [0.15, 0.2) is 71.2 Å². The molecular weight excluding hydrogens is 296 g/mol. The van der Waals surface area contributed by atoms with Crippen molar-refractivity contribution in [3.63, 3.8) is 0 Å². The van der Waals surface area contributed by atoms with Crippen molar-refractivity contribution in [2.45, 2.75) is 0 Å². The van der Waals surface area contributed by atoms with Gasteiger partial charge in [0.05, 0.1) is 2.74 Å². The molecule has 0 N–H and O–H groups in total. The summed E-state index contributed by atoms with van der Waals surface area (Å²) in [5.41, 5.74) is 0. The van der Waals surface area contributed by atoms with Crippen LogP contribution in [0.5, 0.6) is 0 Å². The number of benzene rings is 4. The first kappa shape index (κ1) is 9.11.